The third-order valence-corrected chi connectivity index (χ3v) is 5.74. The van der Waals surface area contributed by atoms with Gasteiger partial charge in [0.05, 0.1) is 12.0 Å². The van der Waals surface area contributed by atoms with Crippen molar-refractivity contribution in [2.24, 2.45) is 0 Å². The monoisotopic (exact) mass is 424 g/mol. The summed E-state index contributed by atoms with van der Waals surface area (Å²) in [4.78, 5) is 30.0. The molecule has 3 heterocycles. The molecule has 0 bridgehead atoms. The Morgan fingerprint density at radius 1 is 0.906 bits per heavy atom. The van der Waals surface area contributed by atoms with Crippen LogP contribution in [-0.2, 0) is 6.54 Å². The average Bonchev–Trinajstić information content (AvgIpc) is 3.38. The zero-order valence-corrected chi connectivity index (χ0v) is 17.7. The molecule has 1 aliphatic rings. The lowest BCUT2D eigenvalue weighted by molar-refractivity contribution is 0.0746. The minimum absolute atomic E-state index is 0.0755. The third-order valence-electron chi connectivity index (χ3n) is 5.74. The van der Waals surface area contributed by atoms with Gasteiger partial charge in [-0.25, -0.2) is 15.0 Å². The molecule has 0 radical (unpaired) electrons. The van der Waals surface area contributed by atoms with Crippen molar-refractivity contribution < 1.29 is 4.79 Å². The van der Waals surface area contributed by atoms with E-state index in [2.05, 4.69) is 19.9 Å². The summed E-state index contributed by atoms with van der Waals surface area (Å²) >= 11 is 0. The fourth-order valence-electron chi connectivity index (χ4n) is 3.95. The Morgan fingerprint density at radius 2 is 1.69 bits per heavy atom. The van der Waals surface area contributed by atoms with E-state index in [0.29, 0.717) is 13.1 Å². The van der Waals surface area contributed by atoms with Crippen molar-refractivity contribution in [2.45, 2.75) is 6.54 Å². The molecule has 2 aromatic carbocycles. The van der Waals surface area contributed by atoms with E-state index in [9.17, 15) is 4.79 Å². The first-order valence-corrected chi connectivity index (χ1v) is 10.7. The minimum Gasteiger partial charge on any atom is -0.353 e. The number of nitrogens with zero attached hydrogens (tertiary/aromatic N) is 6. The second-order valence-corrected chi connectivity index (χ2v) is 7.84. The topological polar surface area (TPSA) is 67.2 Å². The molecule has 4 aromatic rings. The molecule has 7 heteroatoms. The summed E-state index contributed by atoms with van der Waals surface area (Å²) in [5, 5.41) is 0. The lowest BCUT2D eigenvalue weighted by atomic mass is 10.1. The van der Waals surface area contributed by atoms with Gasteiger partial charge in [0.1, 0.15) is 12.1 Å². The number of imidazole rings is 1. The van der Waals surface area contributed by atoms with Crippen molar-refractivity contribution in [1.82, 2.24) is 24.4 Å². The quantitative estimate of drug-likeness (QED) is 0.492. The van der Waals surface area contributed by atoms with Gasteiger partial charge in [0.2, 0.25) is 0 Å². The molecule has 1 fully saturated rings. The van der Waals surface area contributed by atoms with Gasteiger partial charge in [-0.05, 0) is 17.7 Å². The van der Waals surface area contributed by atoms with Crippen LogP contribution in [0.25, 0.3) is 11.3 Å². The van der Waals surface area contributed by atoms with Gasteiger partial charge in [0.25, 0.3) is 5.91 Å². The van der Waals surface area contributed by atoms with Crippen LogP contribution in [-0.4, -0.2) is 56.5 Å². The standard InChI is InChI=1S/C25H24N6O/c32-25(22-8-6-20(7-9-22)17-29-11-10-26-19-29)31-14-12-30(13-15-31)24-16-23(27-18-28-24)21-4-2-1-3-5-21/h1-11,16,18-19H,12-15,17H2. The van der Waals surface area contributed by atoms with Gasteiger partial charge in [0, 0.05) is 62.3 Å². The van der Waals surface area contributed by atoms with Gasteiger partial charge in [-0.2, -0.15) is 0 Å². The molecule has 1 aliphatic heterocycles. The van der Waals surface area contributed by atoms with Crippen LogP contribution in [0.1, 0.15) is 15.9 Å². The van der Waals surface area contributed by atoms with Crippen LogP contribution in [0.2, 0.25) is 0 Å². The molecule has 2 aromatic heterocycles. The van der Waals surface area contributed by atoms with E-state index in [1.807, 2.05) is 76.3 Å². The predicted octanol–water partition coefficient (Wildman–Crippen LogP) is 3.35. The van der Waals surface area contributed by atoms with Crippen molar-refractivity contribution in [2.75, 3.05) is 31.1 Å². The molecule has 0 saturated carbocycles. The summed E-state index contributed by atoms with van der Waals surface area (Å²) in [6.07, 6.45) is 7.10. The molecule has 160 valence electrons. The number of piperazine rings is 1. The van der Waals surface area contributed by atoms with E-state index in [1.54, 1.807) is 18.9 Å². The van der Waals surface area contributed by atoms with Crippen molar-refractivity contribution in [3.05, 3.63) is 96.8 Å². The van der Waals surface area contributed by atoms with E-state index in [4.69, 9.17) is 0 Å². The van der Waals surface area contributed by atoms with Gasteiger partial charge in [0.15, 0.2) is 0 Å². The first-order valence-electron chi connectivity index (χ1n) is 10.7. The maximum atomic E-state index is 13.0. The van der Waals surface area contributed by atoms with Gasteiger partial charge in [-0.3, -0.25) is 4.79 Å². The number of anilines is 1. The van der Waals surface area contributed by atoms with Crippen LogP contribution >= 0.6 is 0 Å². The van der Waals surface area contributed by atoms with E-state index in [-0.39, 0.29) is 5.91 Å². The Balaban J connectivity index is 1.21. The molecule has 0 N–H and O–H groups in total. The number of carbonyl (C=O) groups excluding carboxylic acids is 1. The summed E-state index contributed by atoms with van der Waals surface area (Å²) in [5.74, 6) is 0.973. The Morgan fingerprint density at radius 3 is 2.41 bits per heavy atom. The smallest absolute Gasteiger partial charge is 0.253 e. The first-order chi connectivity index (χ1) is 15.8. The normalized spacial score (nSPS) is 13.9. The van der Waals surface area contributed by atoms with Crippen LogP contribution in [0.4, 0.5) is 5.82 Å². The van der Waals surface area contributed by atoms with Gasteiger partial charge in [-0.15, -0.1) is 0 Å². The molecule has 0 atom stereocenters. The first kappa shape index (κ1) is 19.9. The predicted molar refractivity (Wildman–Crippen MR) is 123 cm³/mol. The summed E-state index contributed by atoms with van der Waals surface area (Å²) in [7, 11) is 0. The lowest BCUT2D eigenvalue weighted by Gasteiger charge is -2.35. The molecule has 32 heavy (non-hydrogen) atoms. The molecule has 0 aliphatic carbocycles. The maximum Gasteiger partial charge on any atom is 0.253 e. The SMILES string of the molecule is O=C(c1ccc(Cn2ccnc2)cc1)N1CCN(c2cc(-c3ccccc3)ncn2)CC1. The Kier molecular flexibility index (Phi) is 5.61. The van der Waals surface area contributed by atoms with E-state index < -0.39 is 0 Å². The fourth-order valence-corrected chi connectivity index (χ4v) is 3.95. The van der Waals surface area contributed by atoms with E-state index in [1.165, 1.54) is 0 Å². The zero-order valence-electron chi connectivity index (χ0n) is 17.7. The third kappa shape index (κ3) is 4.37. The number of benzene rings is 2. The molecule has 5 rings (SSSR count). The van der Waals surface area contributed by atoms with Gasteiger partial charge >= 0.3 is 0 Å². The van der Waals surface area contributed by atoms with Crippen molar-refractivity contribution in [1.29, 1.82) is 0 Å². The van der Waals surface area contributed by atoms with Crippen LogP contribution in [0.5, 0.6) is 0 Å². The van der Waals surface area contributed by atoms with Crippen molar-refractivity contribution in [3.8, 4) is 11.3 Å². The summed E-state index contributed by atoms with van der Waals surface area (Å²) in [6, 6.07) is 20.0. The highest BCUT2D eigenvalue weighted by molar-refractivity contribution is 5.94. The summed E-state index contributed by atoms with van der Waals surface area (Å²) in [5.41, 5.74) is 3.84. The molecule has 1 saturated heterocycles. The van der Waals surface area contributed by atoms with Crippen LogP contribution < -0.4 is 4.90 Å². The molecular formula is C25H24N6O. The van der Waals surface area contributed by atoms with Gasteiger partial charge in [-0.1, -0.05) is 42.5 Å². The highest BCUT2D eigenvalue weighted by Gasteiger charge is 2.23. The Bertz CT molecular complexity index is 1170. The van der Waals surface area contributed by atoms with Crippen LogP contribution in [0.15, 0.2) is 85.7 Å². The van der Waals surface area contributed by atoms with Crippen LogP contribution in [0, 0.1) is 0 Å². The zero-order chi connectivity index (χ0) is 21.8. The molecule has 0 unspecified atom stereocenters. The molecule has 0 spiro atoms. The minimum atomic E-state index is 0.0755. The Labute approximate surface area is 187 Å². The number of carbonyl (C=O) groups is 1. The second-order valence-electron chi connectivity index (χ2n) is 7.84. The molecule has 7 nitrogen and oxygen atoms in total. The number of amides is 1. The highest BCUT2D eigenvalue weighted by atomic mass is 16.2. The maximum absolute atomic E-state index is 13.0. The Hall–Kier alpha value is -4.00. The lowest BCUT2D eigenvalue weighted by Crippen LogP contribution is -2.49. The van der Waals surface area contributed by atoms with Crippen molar-refractivity contribution in [3.63, 3.8) is 0 Å². The molecular weight excluding hydrogens is 400 g/mol. The number of rotatable bonds is 5. The van der Waals surface area contributed by atoms with E-state index in [0.717, 1.165) is 47.8 Å². The fraction of sp³-hybridized carbons (Fsp3) is 0.200. The number of hydrogen-bond donors (Lipinski definition) is 0. The summed E-state index contributed by atoms with van der Waals surface area (Å²) in [6.45, 7) is 3.57. The summed E-state index contributed by atoms with van der Waals surface area (Å²) < 4.78 is 2.01. The van der Waals surface area contributed by atoms with Crippen LogP contribution in [0.3, 0.4) is 0 Å². The van der Waals surface area contributed by atoms with E-state index >= 15 is 0 Å². The van der Waals surface area contributed by atoms with Crippen molar-refractivity contribution >= 4 is 11.7 Å². The molecule has 1 amide bonds. The van der Waals surface area contributed by atoms with Gasteiger partial charge < -0.3 is 14.4 Å². The number of aromatic nitrogens is 4. The number of hydrogen-bond acceptors (Lipinski definition) is 5. The largest absolute Gasteiger partial charge is 0.353 e. The second kappa shape index (κ2) is 9.01. The average molecular weight is 425 g/mol. The highest BCUT2D eigenvalue weighted by Crippen LogP contribution is 2.21.